The molecule has 0 spiro atoms. The van der Waals surface area contributed by atoms with Crippen molar-refractivity contribution in [1.82, 2.24) is 4.98 Å². The van der Waals surface area contributed by atoms with Crippen LogP contribution in [-0.2, 0) is 6.42 Å². The van der Waals surface area contributed by atoms with E-state index in [1.165, 1.54) is 5.39 Å². The topological polar surface area (TPSA) is 12.9 Å². The second kappa shape index (κ2) is 5.18. The number of nitrogens with zero attached hydrogens (tertiary/aromatic N) is 1. The molecule has 2 aromatic rings. The Labute approximate surface area is 94.5 Å². The lowest BCUT2D eigenvalue weighted by atomic mass is 10.2. The third kappa shape index (κ3) is 2.37. The zero-order valence-corrected chi connectivity index (χ0v) is 9.18. The molecule has 3 heteroatoms. The number of benzene rings is 1. The molecule has 0 saturated carbocycles. The molecule has 0 fully saturated rings. The van der Waals surface area contributed by atoms with Crippen LogP contribution < -0.4 is 0 Å². The molecule has 1 heterocycles. The van der Waals surface area contributed by atoms with Gasteiger partial charge in [-0.05, 0) is 12.1 Å². The lowest BCUT2D eigenvalue weighted by Crippen LogP contribution is -1.90. The zero-order chi connectivity index (χ0) is 9.10. The fraction of sp³-hybridized carbons (Fsp3) is 0.182. The lowest BCUT2D eigenvalue weighted by Gasteiger charge is -1.99. The third-order valence-corrected chi connectivity index (χ3v) is 2.20. The number of pyridine rings is 1. The number of halogens is 2. The van der Waals surface area contributed by atoms with Gasteiger partial charge in [0.1, 0.15) is 0 Å². The Balaban J connectivity index is 0.000000980. The fourth-order valence-electron chi connectivity index (χ4n) is 1.34. The smallest absolute Gasteiger partial charge is 0.0705 e. The summed E-state index contributed by atoms with van der Waals surface area (Å²) in [5, 5.41) is 1.18. The molecule has 0 saturated heterocycles. The first kappa shape index (κ1) is 11.3. The Hall–Kier alpha value is -0.790. The summed E-state index contributed by atoms with van der Waals surface area (Å²) >= 11 is 5.65. The molecule has 0 bridgehead atoms. The Morgan fingerprint density at radius 1 is 1.07 bits per heavy atom. The largest absolute Gasteiger partial charge is 0.253 e. The fourth-order valence-corrected chi connectivity index (χ4v) is 1.54. The second-order valence-electron chi connectivity index (χ2n) is 2.93. The predicted molar refractivity (Wildman–Crippen MR) is 63.4 cm³/mol. The summed E-state index contributed by atoms with van der Waals surface area (Å²) in [5.41, 5.74) is 2.11. The maximum absolute atomic E-state index is 5.65. The maximum atomic E-state index is 5.65. The Kier molecular flexibility index (Phi) is 4.18. The van der Waals surface area contributed by atoms with Crippen molar-refractivity contribution in [3.05, 3.63) is 42.1 Å². The summed E-state index contributed by atoms with van der Waals surface area (Å²) in [5.74, 6) is 0.630. The van der Waals surface area contributed by atoms with Crippen LogP contribution in [0.2, 0.25) is 0 Å². The highest BCUT2D eigenvalue weighted by Crippen LogP contribution is 2.11. The lowest BCUT2D eigenvalue weighted by molar-refractivity contribution is 1.06. The minimum Gasteiger partial charge on any atom is -0.253 e. The van der Waals surface area contributed by atoms with Gasteiger partial charge in [-0.1, -0.05) is 24.3 Å². The standard InChI is InChI=1S/C11H10ClN.ClH/c12-8-7-10-6-5-9-3-1-2-4-11(9)13-10;/h1-6H,7-8H2;1H. The van der Waals surface area contributed by atoms with E-state index in [0.717, 1.165) is 17.6 Å². The van der Waals surface area contributed by atoms with Crippen molar-refractivity contribution in [2.24, 2.45) is 0 Å². The molecular weight excluding hydrogens is 217 g/mol. The zero-order valence-electron chi connectivity index (χ0n) is 7.61. The Morgan fingerprint density at radius 3 is 2.64 bits per heavy atom. The molecule has 0 atom stereocenters. The summed E-state index contributed by atoms with van der Waals surface area (Å²) in [4.78, 5) is 4.48. The van der Waals surface area contributed by atoms with Crippen LogP contribution >= 0.6 is 24.0 Å². The van der Waals surface area contributed by atoms with E-state index in [-0.39, 0.29) is 12.4 Å². The summed E-state index contributed by atoms with van der Waals surface area (Å²) in [7, 11) is 0. The Morgan fingerprint density at radius 2 is 1.86 bits per heavy atom. The van der Waals surface area contributed by atoms with E-state index < -0.39 is 0 Å². The molecule has 1 aromatic heterocycles. The summed E-state index contributed by atoms with van der Waals surface area (Å²) in [6, 6.07) is 12.2. The van der Waals surface area contributed by atoms with Gasteiger partial charge >= 0.3 is 0 Å². The molecule has 1 aromatic carbocycles. The molecule has 0 aliphatic carbocycles. The molecule has 0 radical (unpaired) electrons. The molecular formula is C11H11Cl2N. The molecule has 0 aliphatic heterocycles. The summed E-state index contributed by atoms with van der Waals surface area (Å²) < 4.78 is 0. The van der Waals surface area contributed by atoms with Crippen LogP contribution in [-0.4, -0.2) is 10.9 Å². The molecule has 0 unspecified atom stereocenters. The maximum Gasteiger partial charge on any atom is 0.0705 e. The molecule has 2 rings (SSSR count). The van der Waals surface area contributed by atoms with E-state index in [1.54, 1.807) is 0 Å². The SMILES string of the molecule is Cl.ClCCc1ccc2ccccc2n1. The molecule has 0 aliphatic rings. The average molecular weight is 228 g/mol. The number of hydrogen-bond donors (Lipinski definition) is 0. The minimum absolute atomic E-state index is 0. The number of aromatic nitrogens is 1. The van der Waals surface area contributed by atoms with Crippen molar-refractivity contribution in [2.45, 2.75) is 6.42 Å². The molecule has 1 nitrogen and oxygen atoms in total. The van der Waals surface area contributed by atoms with Gasteiger partial charge in [0.05, 0.1) is 5.52 Å². The van der Waals surface area contributed by atoms with Gasteiger partial charge in [0.2, 0.25) is 0 Å². The van der Waals surface area contributed by atoms with E-state index in [1.807, 2.05) is 24.3 Å². The van der Waals surface area contributed by atoms with Crippen molar-refractivity contribution in [3.63, 3.8) is 0 Å². The third-order valence-electron chi connectivity index (χ3n) is 2.01. The molecule has 0 amide bonds. The van der Waals surface area contributed by atoms with Gasteiger partial charge in [-0.15, -0.1) is 24.0 Å². The van der Waals surface area contributed by atoms with E-state index in [9.17, 15) is 0 Å². The highest BCUT2D eigenvalue weighted by molar-refractivity contribution is 6.17. The Bertz CT molecular complexity index is 415. The average Bonchev–Trinajstić information content (AvgIpc) is 2.18. The number of alkyl halides is 1. The van der Waals surface area contributed by atoms with E-state index in [2.05, 4.69) is 17.1 Å². The number of rotatable bonds is 2. The van der Waals surface area contributed by atoms with Gasteiger partial charge in [0.15, 0.2) is 0 Å². The first-order valence-corrected chi connectivity index (χ1v) is 4.84. The van der Waals surface area contributed by atoms with Crippen LogP contribution in [0.1, 0.15) is 5.69 Å². The summed E-state index contributed by atoms with van der Waals surface area (Å²) in [6.45, 7) is 0. The van der Waals surface area contributed by atoms with Crippen LogP contribution in [0.15, 0.2) is 36.4 Å². The van der Waals surface area contributed by atoms with E-state index in [0.29, 0.717) is 5.88 Å². The van der Waals surface area contributed by atoms with Crippen LogP contribution in [0.25, 0.3) is 10.9 Å². The minimum atomic E-state index is 0. The van der Waals surface area contributed by atoms with Crippen molar-refractivity contribution in [1.29, 1.82) is 0 Å². The molecule has 0 N–H and O–H groups in total. The van der Waals surface area contributed by atoms with Crippen LogP contribution in [0.3, 0.4) is 0 Å². The van der Waals surface area contributed by atoms with E-state index >= 15 is 0 Å². The number of aryl methyl sites for hydroxylation is 1. The normalized spacial score (nSPS) is 9.79. The molecule has 74 valence electrons. The monoisotopic (exact) mass is 227 g/mol. The van der Waals surface area contributed by atoms with Gasteiger partial charge in [0, 0.05) is 23.4 Å². The van der Waals surface area contributed by atoms with Gasteiger partial charge in [0.25, 0.3) is 0 Å². The quantitative estimate of drug-likeness (QED) is 0.717. The van der Waals surface area contributed by atoms with Gasteiger partial charge < -0.3 is 0 Å². The summed E-state index contributed by atoms with van der Waals surface area (Å²) in [6.07, 6.45) is 0.840. The van der Waals surface area contributed by atoms with Crippen molar-refractivity contribution in [3.8, 4) is 0 Å². The predicted octanol–water partition coefficient (Wildman–Crippen LogP) is 3.44. The van der Waals surface area contributed by atoms with Crippen LogP contribution in [0.5, 0.6) is 0 Å². The number of para-hydroxylation sites is 1. The van der Waals surface area contributed by atoms with Crippen molar-refractivity contribution >= 4 is 34.9 Å². The van der Waals surface area contributed by atoms with Crippen molar-refractivity contribution < 1.29 is 0 Å². The van der Waals surface area contributed by atoms with Gasteiger partial charge in [-0.2, -0.15) is 0 Å². The first-order chi connectivity index (χ1) is 6.40. The van der Waals surface area contributed by atoms with Gasteiger partial charge in [-0.3, -0.25) is 4.98 Å². The van der Waals surface area contributed by atoms with Gasteiger partial charge in [-0.25, -0.2) is 0 Å². The number of hydrogen-bond acceptors (Lipinski definition) is 1. The highest BCUT2D eigenvalue weighted by Gasteiger charge is 1.96. The van der Waals surface area contributed by atoms with Crippen molar-refractivity contribution in [2.75, 3.05) is 5.88 Å². The second-order valence-corrected chi connectivity index (χ2v) is 3.31. The highest BCUT2D eigenvalue weighted by atomic mass is 35.5. The molecule has 14 heavy (non-hydrogen) atoms. The first-order valence-electron chi connectivity index (χ1n) is 4.31. The van der Waals surface area contributed by atoms with Crippen LogP contribution in [0.4, 0.5) is 0 Å². The van der Waals surface area contributed by atoms with E-state index in [4.69, 9.17) is 11.6 Å². The van der Waals surface area contributed by atoms with Crippen LogP contribution in [0, 0.1) is 0 Å². The number of fused-ring (bicyclic) bond motifs is 1.